The quantitative estimate of drug-likeness (QED) is 0.877. The third-order valence-corrected chi connectivity index (χ3v) is 3.26. The van der Waals surface area contributed by atoms with E-state index in [2.05, 4.69) is 4.98 Å². The first-order chi connectivity index (χ1) is 9.56. The van der Waals surface area contributed by atoms with Crippen LogP contribution in [-0.2, 0) is 0 Å². The molecule has 1 aromatic carbocycles. The number of hydrogen-bond acceptors (Lipinski definition) is 4. The van der Waals surface area contributed by atoms with Gasteiger partial charge < -0.3 is 15.2 Å². The Morgan fingerprint density at radius 2 is 1.90 bits per heavy atom. The summed E-state index contributed by atoms with van der Waals surface area (Å²) >= 11 is 4.99. The first-order valence-corrected chi connectivity index (χ1v) is 6.47. The second-order valence-electron chi connectivity index (χ2n) is 4.26. The van der Waals surface area contributed by atoms with Gasteiger partial charge in [0.2, 0.25) is 0 Å². The Bertz CT molecular complexity index is 656. The van der Waals surface area contributed by atoms with Gasteiger partial charge in [-0.15, -0.1) is 0 Å². The van der Waals surface area contributed by atoms with Gasteiger partial charge in [-0.1, -0.05) is 12.2 Å². The minimum Gasteiger partial charge on any atom is -0.497 e. The van der Waals surface area contributed by atoms with Crippen LogP contribution < -0.4 is 15.2 Å². The molecule has 2 rings (SSSR count). The van der Waals surface area contributed by atoms with E-state index in [4.69, 9.17) is 27.4 Å². The number of nitrogens with two attached hydrogens (primary N) is 1. The van der Waals surface area contributed by atoms with Gasteiger partial charge in [0, 0.05) is 22.9 Å². The van der Waals surface area contributed by atoms with Crippen LogP contribution in [0.2, 0.25) is 0 Å². The first-order valence-electron chi connectivity index (χ1n) is 6.06. The highest BCUT2D eigenvalue weighted by Crippen LogP contribution is 2.32. The largest absolute Gasteiger partial charge is 0.497 e. The number of rotatable bonds is 4. The summed E-state index contributed by atoms with van der Waals surface area (Å²) in [7, 11) is 3.24. The topological polar surface area (TPSA) is 57.4 Å². The Balaban J connectivity index is 2.51. The summed E-state index contributed by atoms with van der Waals surface area (Å²) in [6.45, 7) is 1.88. The maximum atomic E-state index is 5.65. The van der Waals surface area contributed by atoms with E-state index >= 15 is 0 Å². The highest BCUT2D eigenvalue weighted by atomic mass is 32.1. The van der Waals surface area contributed by atoms with E-state index in [9.17, 15) is 0 Å². The summed E-state index contributed by atoms with van der Waals surface area (Å²) in [5.74, 6) is 1.45. The van der Waals surface area contributed by atoms with Gasteiger partial charge in [0.05, 0.1) is 19.9 Å². The van der Waals surface area contributed by atoms with Crippen molar-refractivity contribution >= 4 is 17.2 Å². The van der Waals surface area contributed by atoms with Crippen LogP contribution in [0.5, 0.6) is 11.5 Å². The number of aromatic nitrogens is 1. The molecule has 0 saturated heterocycles. The second-order valence-corrected chi connectivity index (χ2v) is 4.70. The third kappa shape index (κ3) is 2.72. The fourth-order valence-corrected chi connectivity index (χ4v) is 2.20. The van der Waals surface area contributed by atoms with E-state index < -0.39 is 0 Å². The molecule has 0 bridgehead atoms. The number of methoxy groups -OCH3 is 2. The molecular formula is C15H16N2O2S. The van der Waals surface area contributed by atoms with Gasteiger partial charge in [0.1, 0.15) is 16.5 Å². The smallest absolute Gasteiger partial charge is 0.131 e. The summed E-state index contributed by atoms with van der Waals surface area (Å²) in [6, 6.07) is 9.37. The lowest BCUT2D eigenvalue weighted by atomic mass is 10.1. The van der Waals surface area contributed by atoms with Crippen LogP contribution in [0, 0.1) is 6.92 Å². The maximum absolute atomic E-state index is 5.65. The molecule has 0 radical (unpaired) electrons. The average Bonchev–Trinajstić information content (AvgIpc) is 2.46. The zero-order chi connectivity index (χ0) is 14.7. The van der Waals surface area contributed by atoms with Crippen molar-refractivity contribution in [3.8, 4) is 22.8 Å². The number of ether oxygens (including phenoxy) is 2. The van der Waals surface area contributed by atoms with Crippen molar-refractivity contribution in [3.63, 3.8) is 0 Å². The molecule has 0 spiro atoms. The van der Waals surface area contributed by atoms with E-state index in [1.807, 2.05) is 37.3 Å². The molecule has 0 aliphatic heterocycles. The van der Waals surface area contributed by atoms with Crippen LogP contribution in [0.15, 0.2) is 30.3 Å². The van der Waals surface area contributed by atoms with Gasteiger partial charge in [-0.25, -0.2) is 0 Å². The van der Waals surface area contributed by atoms with Gasteiger partial charge in [0.15, 0.2) is 0 Å². The normalized spacial score (nSPS) is 10.2. The molecule has 2 N–H and O–H groups in total. The molecule has 104 valence electrons. The molecule has 0 amide bonds. The van der Waals surface area contributed by atoms with E-state index in [0.717, 1.165) is 28.3 Å². The van der Waals surface area contributed by atoms with Gasteiger partial charge >= 0.3 is 0 Å². The van der Waals surface area contributed by atoms with Crippen LogP contribution >= 0.6 is 12.2 Å². The van der Waals surface area contributed by atoms with Gasteiger partial charge in [-0.2, -0.15) is 0 Å². The Morgan fingerprint density at radius 3 is 2.45 bits per heavy atom. The van der Waals surface area contributed by atoms with Crippen molar-refractivity contribution < 1.29 is 9.47 Å². The molecule has 5 heteroatoms. The molecule has 20 heavy (non-hydrogen) atoms. The number of hydrogen-bond donors (Lipinski definition) is 1. The molecule has 1 heterocycles. The highest BCUT2D eigenvalue weighted by Gasteiger charge is 2.11. The van der Waals surface area contributed by atoms with Crippen LogP contribution in [-0.4, -0.2) is 24.2 Å². The highest BCUT2D eigenvalue weighted by molar-refractivity contribution is 7.80. The Labute approximate surface area is 123 Å². The van der Waals surface area contributed by atoms with Crippen molar-refractivity contribution in [1.29, 1.82) is 0 Å². The van der Waals surface area contributed by atoms with E-state index in [1.165, 1.54) is 0 Å². The molecule has 0 atom stereocenters. The Hall–Kier alpha value is -2.14. The fraction of sp³-hybridized carbons (Fsp3) is 0.200. The lowest BCUT2D eigenvalue weighted by Gasteiger charge is -2.11. The third-order valence-electron chi connectivity index (χ3n) is 3.04. The standard InChI is InChI=1S/C15H16N2O2S/c1-9-11(15(16)20)6-7-13(17-9)12-5-4-10(18-2)8-14(12)19-3/h4-8H,1-3H3,(H2,16,20). The summed E-state index contributed by atoms with van der Waals surface area (Å²) in [4.78, 5) is 4.89. The van der Waals surface area contributed by atoms with Crippen molar-refractivity contribution in [3.05, 3.63) is 41.6 Å². The minimum absolute atomic E-state index is 0.350. The van der Waals surface area contributed by atoms with Crippen LogP contribution in [0.25, 0.3) is 11.3 Å². The number of thiocarbonyl (C=S) groups is 1. The van der Waals surface area contributed by atoms with Crippen molar-refractivity contribution in [2.75, 3.05) is 14.2 Å². The van der Waals surface area contributed by atoms with E-state index in [-0.39, 0.29) is 0 Å². The number of aryl methyl sites for hydroxylation is 1. The number of benzene rings is 1. The molecule has 0 aliphatic carbocycles. The molecule has 0 unspecified atom stereocenters. The molecule has 1 aromatic heterocycles. The summed E-state index contributed by atoms with van der Waals surface area (Å²) in [5, 5.41) is 0. The minimum atomic E-state index is 0.350. The SMILES string of the molecule is COc1ccc(-c2ccc(C(N)=S)c(C)n2)c(OC)c1. The Morgan fingerprint density at radius 1 is 1.15 bits per heavy atom. The molecule has 4 nitrogen and oxygen atoms in total. The zero-order valence-electron chi connectivity index (χ0n) is 11.6. The molecule has 0 aliphatic rings. The predicted molar refractivity (Wildman–Crippen MR) is 83.4 cm³/mol. The lowest BCUT2D eigenvalue weighted by Crippen LogP contribution is -2.12. The molecule has 2 aromatic rings. The van der Waals surface area contributed by atoms with E-state index in [0.29, 0.717) is 10.7 Å². The number of pyridine rings is 1. The van der Waals surface area contributed by atoms with Gasteiger partial charge in [0.25, 0.3) is 0 Å². The van der Waals surface area contributed by atoms with Crippen LogP contribution in [0.1, 0.15) is 11.3 Å². The summed E-state index contributed by atoms with van der Waals surface area (Å²) in [6.07, 6.45) is 0. The van der Waals surface area contributed by atoms with Crippen molar-refractivity contribution in [1.82, 2.24) is 4.98 Å². The molecular weight excluding hydrogens is 272 g/mol. The predicted octanol–water partition coefficient (Wildman–Crippen LogP) is 2.71. The van der Waals surface area contributed by atoms with Crippen molar-refractivity contribution in [2.24, 2.45) is 5.73 Å². The van der Waals surface area contributed by atoms with Crippen LogP contribution in [0.3, 0.4) is 0 Å². The maximum Gasteiger partial charge on any atom is 0.131 e. The summed E-state index contributed by atoms with van der Waals surface area (Å²) < 4.78 is 10.6. The molecule has 0 fully saturated rings. The average molecular weight is 288 g/mol. The fourth-order valence-electron chi connectivity index (χ4n) is 1.98. The Kier molecular flexibility index (Phi) is 4.20. The zero-order valence-corrected chi connectivity index (χ0v) is 12.5. The van der Waals surface area contributed by atoms with Crippen molar-refractivity contribution in [2.45, 2.75) is 6.92 Å². The van der Waals surface area contributed by atoms with Gasteiger partial charge in [-0.3, -0.25) is 4.98 Å². The van der Waals surface area contributed by atoms with Gasteiger partial charge in [-0.05, 0) is 31.2 Å². The lowest BCUT2D eigenvalue weighted by molar-refractivity contribution is 0.395. The van der Waals surface area contributed by atoms with Crippen LogP contribution in [0.4, 0.5) is 0 Å². The second kappa shape index (κ2) is 5.88. The monoisotopic (exact) mass is 288 g/mol. The van der Waals surface area contributed by atoms with E-state index in [1.54, 1.807) is 14.2 Å². The summed E-state index contributed by atoms with van der Waals surface area (Å²) in [5.41, 5.74) is 8.94. The first kappa shape index (κ1) is 14.3. The number of nitrogens with zero attached hydrogens (tertiary/aromatic N) is 1. The molecule has 0 saturated carbocycles.